The normalized spacial score (nSPS) is 18.3. The van der Waals surface area contributed by atoms with Gasteiger partial charge in [-0.2, -0.15) is 0 Å². The minimum Gasteiger partial charge on any atom is -0.492 e. The molecule has 3 rings (SSSR count). The zero-order chi connectivity index (χ0) is 24.9. The molecule has 1 aliphatic carbocycles. The summed E-state index contributed by atoms with van der Waals surface area (Å²) in [5.74, 6) is -1.72. The second-order valence-electron chi connectivity index (χ2n) is 7.37. The average molecular weight is 500 g/mol. The minimum atomic E-state index is -4.93. The molecule has 34 heavy (non-hydrogen) atoms. The molecule has 1 aliphatic rings. The highest BCUT2D eigenvalue weighted by molar-refractivity contribution is 7.92. The summed E-state index contributed by atoms with van der Waals surface area (Å²) >= 11 is 0. The molecule has 0 unspecified atom stereocenters. The number of amides is 1. The van der Waals surface area contributed by atoms with Gasteiger partial charge in [-0.3, -0.25) is 9.52 Å². The van der Waals surface area contributed by atoms with Crippen molar-refractivity contribution in [1.29, 1.82) is 0 Å². The highest BCUT2D eigenvalue weighted by Gasteiger charge is 2.31. The van der Waals surface area contributed by atoms with E-state index in [1.54, 1.807) is 19.1 Å². The molecule has 0 saturated carbocycles. The van der Waals surface area contributed by atoms with Crippen molar-refractivity contribution in [3.8, 4) is 11.5 Å². The van der Waals surface area contributed by atoms with Gasteiger partial charge >= 0.3 is 6.36 Å². The van der Waals surface area contributed by atoms with E-state index in [0.29, 0.717) is 12.8 Å². The summed E-state index contributed by atoms with van der Waals surface area (Å²) in [6.07, 6.45) is -1.38. The van der Waals surface area contributed by atoms with Crippen LogP contribution in [-0.2, 0) is 14.8 Å². The van der Waals surface area contributed by atoms with Crippen LogP contribution in [0, 0.1) is 5.92 Å². The number of carbonyl (C=O) groups excluding carboxylic acids is 1. The van der Waals surface area contributed by atoms with E-state index in [0.717, 1.165) is 12.1 Å². The van der Waals surface area contributed by atoms with Crippen LogP contribution in [-0.4, -0.2) is 38.5 Å². The molecule has 8 nitrogen and oxygen atoms in total. The van der Waals surface area contributed by atoms with Crippen molar-refractivity contribution in [3.05, 3.63) is 54.6 Å². The first-order valence-electron chi connectivity index (χ1n) is 10.3. The van der Waals surface area contributed by atoms with Crippen LogP contribution in [0.3, 0.4) is 0 Å². The Morgan fingerprint density at radius 2 is 1.94 bits per heavy atom. The van der Waals surface area contributed by atoms with Crippen LogP contribution in [0.2, 0.25) is 0 Å². The Hall–Kier alpha value is -3.25. The number of carbonyl (C=O) groups is 1. The van der Waals surface area contributed by atoms with E-state index >= 15 is 0 Å². The fourth-order valence-electron chi connectivity index (χ4n) is 3.38. The molecule has 2 aromatic rings. The molecule has 0 saturated heterocycles. The first-order valence-corrected chi connectivity index (χ1v) is 11.8. The Morgan fingerprint density at radius 3 is 2.62 bits per heavy atom. The molecule has 0 bridgehead atoms. The molecule has 0 aliphatic heterocycles. The van der Waals surface area contributed by atoms with Crippen LogP contribution in [0.25, 0.3) is 0 Å². The number of rotatable bonds is 8. The Bertz CT molecular complexity index is 1170. The first-order chi connectivity index (χ1) is 16.0. The average Bonchev–Trinajstić information content (AvgIpc) is 2.73. The fourth-order valence-corrected chi connectivity index (χ4v) is 4.56. The van der Waals surface area contributed by atoms with E-state index in [2.05, 4.69) is 14.8 Å². The summed E-state index contributed by atoms with van der Waals surface area (Å²) in [6, 6.07) is 8.27. The Balaban J connectivity index is 1.82. The number of nitrogens with one attached hydrogen (secondary N) is 2. The second kappa shape index (κ2) is 10.3. The van der Waals surface area contributed by atoms with Crippen molar-refractivity contribution in [2.45, 2.75) is 37.1 Å². The summed E-state index contributed by atoms with van der Waals surface area (Å²) < 4.78 is 74.7. The lowest BCUT2D eigenvalue weighted by Crippen LogP contribution is -2.33. The molecule has 0 heterocycles. The third-order valence-electron chi connectivity index (χ3n) is 4.85. The van der Waals surface area contributed by atoms with Crippen LogP contribution < -0.4 is 19.5 Å². The molecule has 0 spiro atoms. The van der Waals surface area contributed by atoms with Gasteiger partial charge in [0.25, 0.3) is 10.0 Å². The van der Waals surface area contributed by atoms with Crippen LogP contribution in [0.1, 0.15) is 19.8 Å². The molecule has 1 amide bonds. The predicted molar refractivity (Wildman–Crippen MR) is 118 cm³/mol. The molecule has 0 aromatic heterocycles. The van der Waals surface area contributed by atoms with Gasteiger partial charge in [0.2, 0.25) is 5.91 Å². The predicted octanol–water partition coefficient (Wildman–Crippen LogP) is 4.05. The third-order valence-corrected chi connectivity index (χ3v) is 6.27. The van der Waals surface area contributed by atoms with Gasteiger partial charge in [-0.15, -0.1) is 13.2 Å². The van der Waals surface area contributed by atoms with Gasteiger partial charge in [0.05, 0.1) is 24.3 Å². The smallest absolute Gasteiger partial charge is 0.492 e. The van der Waals surface area contributed by atoms with Gasteiger partial charge in [0.15, 0.2) is 0 Å². The second-order valence-corrected chi connectivity index (χ2v) is 9.02. The maximum atomic E-state index is 12.9. The number of ether oxygens (including phenoxy) is 2. The van der Waals surface area contributed by atoms with Crippen molar-refractivity contribution in [3.63, 3.8) is 0 Å². The van der Waals surface area contributed by atoms with Crippen LogP contribution in [0.5, 0.6) is 11.5 Å². The standard InChI is InChI=1S/C22H23F3N2O6S/c1-2-32-19-13-14(26-21(29)17-8-3-4-9-18(17)28)10-11-20(19)34(30,31)27-15-6-5-7-16(12-15)33-22(23,24)25/h4-7,9-13,17-18,27-28H,2-3,8H2,1H3,(H,26,29)/t17-,18+/m0/s1. The maximum absolute atomic E-state index is 12.9. The van der Waals surface area contributed by atoms with Crippen molar-refractivity contribution in [1.82, 2.24) is 0 Å². The van der Waals surface area contributed by atoms with E-state index in [9.17, 15) is 31.5 Å². The van der Waals surface area contributed by atoms with Gasteiger partial charge < -0.3 is 19.9 Å². The quantitative estimate of drug-likeness (QED) is 0.472. The minimum absolute atomic E-state index is 0.0698. The van der Waals surface area contributed by atoms with E-state index in [4.69, 9.17) is 4.74 Å². The van der Waals surface area contributed by atoms with Crippen molar-refractivity contribution in [2.75, 3.05) is 16.6 Å². The number of alkyl halides is 3. The van der Waals surface area contributed by atoms with Gasteiger partial charge in [-0.05, 0) is 44.0 Å². The third kappa shape index (κ3) is 6.64. The number of sulfonamides is 1. The summed E-state index contributed by atoms with van der Waals surface area (Å²) in [5, 5.41) is 12.6. The molecule has 0 radical (unpaired) electrons. The van der Waals surface area contributed by atoms with Gasteiger partial charge in [-0.25, -0.2) is 8.42 Å². The van der Waals surface area contributed by atoms with E-state index < -0.39 is 40.1 Å². The number of halogens is 3. The highest BCUT2D eigenvalue weighted by atomic mass is 32.2. The number of hydrogen-bond acceptors (Lipinski definition) is 6. The zero-order valence-electron chi connectivity index (χ0n) is 18.0. The first kappa shape index (κ1) is 25.4. The Morgan fingerprint density at radius 1 is 1.18 bits per heavy atom. The van der Waals surface area contributed by atoms with Crippen LogP contribution in [0.4, 0.5) is 24.5 Å². The lowest BCUT2D eigenvalue weighted by atomic mass is 9.91. The molecule has 3 N–H and O–H groups in total. The SMILES string of the molecule is CCOc1cc(NC(=O)[C@H]2CCC=C[C@H]2O)ccc1S(=O)(=O)Nc1cccc(OC(F)(F)F)c1. The van der Waals surface area contributed by atoms with E-state index in [-0.39, 0.29) is 28.6 Å². The molecule has 184 valence electrons. The molecular weight excluding hydrogens is 477 g/mol. The number of aliphatic hydroxyl groups is 1. The van der Waals surface area contributed by atoms with E-state index in [1.807, 2.05) is 0 Å². The molecular formula is C22H23F3N2O6S. The summed E-state index contributed by atoms with van der Waals surface area (Å²) in [5.41, 5.74) is 0.107. The highest BCUT2D eigenvalue weighted by Crippen LogP contribution is 2.31. The number of anilines is 2. The van der Waals surface area contributed by atoms with Crippen LogP contribution in [0.15, 0.2) is 59.5 Å². The van der Waals surface area contributed by atoms with Crippen molar-refractivity contribution >= 4 is 27.3 Å². The monoisotopic (exact) mass is 500 g/mol. The van der Waals surface area contributed by atoms with Crippen molar-refractivity contribution in [2.24, 2.45) is 5.92 Å². The zero-order valence-corrected chi connectivity index (χ0v) is 18.8. The van der Waals surface area contributed by atoms with E-state index in [1.165, 1.54) is 30.3 Å². The summed E-state index contributed by atoms with van der Waals surface area (Å²) in [7, 11) is -4.27. The number of hydrogen-bond donors (Lipinski definition) is 3. The summed E-state index contributed by atoms with van der Waals surface area (Å²) in [4.78, 5) is 12.3. The topological polar surface area (TPSA) is 114 Å². The number of allylic oxidation sites excluding steroid dienone is 1. The van der Waals surface area contributed by atoms with Crippen molar-refractivity contribution < 1.29 is 41.0 Å². The number of aliphatic hydroxyl groups excluding tert-OH is 1. The largest absolute Gasteiger partial charge is 0.573 e. The molecule has 0 fully saturated rings. The molecule has 2 atom stereocenters. The van der Waals surface area contributed by atoms with Gasteiger partial charge in [0.1, 0.15) is 16.4 Å². The lowest BCUT2D eigenvalue weighted by Gasteiger charge is -2.23. The fraction of sp³-hybridized carbons (Fsp3) is 0.318. The molecule has 2 aromatic carbocycles. The Labute approximate surface area is 194 Å². The van der Waals surface area contributed by atoms with Gasteiger partial charge in [0, 0.05) is 17.8 Å². The Kier molecular flexibility index (Phi) is 7.72. The maximum Gasteiger partial charge on any atom is 0.573 e. The summed E-state index contributed by atoms with van der Waals surface area (Å²) in [6.45, 7) is 1.75. The van der Waals surface area contributed by atoms with Gasteiger partial charge in [-0.1, -0.05) is 18.2 Å². The molecule has 12 heteroatoms. The van der Waals surface area contributed by atoms with Crippen LogP contribution >= 0.6 is 0 Å². The lowest BCUT2D eigenvalue weighted by molar-refractivity contribution is -0.274. The number of benzene rings is 2.